The van der Waals surface area contributed by atoms with E-state index in [1.54, 1.807) is 12.3 Å². The third-order valence-corrected chi connectivity index (χ3v) is 1.57. The van der Waals surface area contributed by atoms with E-state index < -0.39 is 0 Å². The molecule has 2 aliphatic heterocycles. The van der Waals surface area contributed by atoms with Gasteiger partial charge in [0.1, 0.15) is 12.4 Å². The molecule has 0 aromatic carbocycles. The monoisotopic (exact) mass is 174 g/mol. The number of nitrogens with two attached hydrogens (primary N) is 1. The van der Waals surface area contributed by atoms with Gasteiger partial charge in [-0.2, -0.15) is 5.26 Å². The van der Waals surface area contributed by atoms with Crippen LogP contribution in [0, 0.1) is 11.3 Å². The van der Waals surface area contributed by atoms with Crippen LogP contribution in [0.4, 0.5) is 0 Å². The Kier molecular flexibility index (Phi) is 1.49. The predicted molar refractivity (Wildman–Crippen MR) is 46.9 cm³/mol. The Bertz CT molecular complexity index is 394. The molecule has 6 heteroatoms. The van der Waals surface area contributed by atoms with Crippen LogP contribution >= 0.6 is 0 Å². The first-order valence-electron chi connectivity index (χ1n) is 3.55. The molecule has 0 aromatic rings. The summed E-state index contributed by atoms with van der Waals surface area (Å²) in [6.45, 7) is 0. The van der Waals surface area contributed by atoms with E-state index >= 15 is 0 Å². The average Bonchev–Trinajstić information content (AvgIpc) is 2.17. The maximum absolute atomic E-state index is 8.64. The first-order chi connectivity index (χ1) is 6.31. The Morgan fingerprint density at radius 1 is 1.62 bits per heavy atom. The smallest absolute Gasteiger partial charge is 0.184 e. The van der Waals surface area contributed by atoms with Crippen molar-refractivity contribution in [1.29, 1.82) is 5.26 Å². The summed E-state index contributed by atoms with van der Waals surface area (Å²) >= 11 is 0. The zero-order valence-corrected chi connectivity index (χ0v) is 6.60. The van der Waals surface area contributed by atoms with E-state index in [1.807, 2.05) is 6.07 Å². The molecule has 0 bridgehead atoms. The molecule has 2 aliphatic rings. The first kappa shape index (κ1) is 7.36. The zero-order chi connectivity index (χ0) is 9.26. The van der Waals surface area contributed by atoms with Crippen molar-refractivity contribution in [1.82, 2.24) is 10.4 Å². The summed E-state index contributed by atoms with van der Waals surface area (Å²) in [5.74, 6) is 0.828. The van der Waals surface area contributed by atoms with E-state index in [0.29, 0.717) is 5.84 Å². The predicted octanol–water partition coefficient (Wildman–Crippen LogP) is -0.588. The second-order valence-corrected chi connectivity index (χ2v) is 2.41. The van der Waals surface area contributed by atoms with Gasteiger partial charge in [-0.05, 0) is 0 Å². The van der Waals surface area contributed by atoms with Crippen LogP contribution in [-0.2, 0) is 0 Å². The minimum atomic E-state index is 0.186. The Hall–Kier alpha value is -2.29. The van der Waals surface area contributed by atoms with E-state index in [1.165, 1.54) is 11.3 Å². The number of fused-ring (bicyclic) bond motifs is 1. The van der Waals surface area contributed by atoms with Gasteiger partial charge in [-0.25, -0.2) is 15.0 Å². The molecule has 64 valence electrons. The number of nitrogens with zero attached hydrogens (tertiary/aromatic N) is 4. The minimum absolute atomic E-state index is 0.186. The van der Waals surface area contributed by atoms with E-state index in [9.17, 15) is 0 Å². The van der Waals surface area contributed by atoms with Crippen molar-refractivity contribution in [3.05, 3.63) is 23.8 Å². The fourth-order valence-corrected chi connectivity index (χ4v) is 0.974. The summed E-state index contributed by atoms with van der Waals surface area (Å²) < 4.78 is 0. The van der Waals surface area contributed by atoms with Crippen molar-refractivity contribution < 1.29 is 0 Å². The first-order valence-corrected chi connectivity index (χ1v) is 3.55. The Balaban J connectivity index is 2.41. The van der Waals surface area contributed by atoms with Crippen LogP contribution in [0.3, 0.4) is 0 Å². The maximum Gasteiger partial charge on any atom is 0.184 e. The van der Waals surface area contributed by atoms with Gasteiger partial charge in [0.15, 0.2) is 17.4 Å². The highest BCUT2D eigenvalue weighted by Crippen LogP contribution is 2.08. The molecule has 0 radical (unpaired) electrons. The van der Waals surface area contributed by atoms with Gasteiger partial charge in [0, 0.05) is 12.3 Å². The summed E-state index contributed by atoms with van der Waals surface area (Å²) in [5.41, 5.74) is 8.45. The molecule has 2 rings (SSSR count). The lowest BCUT2D eigenvalue weighted by molar-refractivity contribution is 0.497. The summed E-state index contributed by atoms with van der Waals surface area (Å²) in [6.07, 6.45) is 4.80. The lowest BCUT2D eigenvalue weighted by atomic mass is 10.4. The molecule has 0 amide bonds. The number of nitriles is 1. The number of hydrazine groups is 1. The Morgan fingerprint density at radius 3 is 3.23 bits per heavy atom. The average molecular weight is 174 g/mol. The summed E-state index contributed by atoms with van der Waals surface area (Å²) in [5, 5.41) is 10.2. The Labute approximate surface area is 74.3 Å². The van der Waals surface area contributed by atoms with Crippen molar-refractivity contribution in [2.45, 2.75) is 0 Å². The van der Waals surface area contributed by atoms with Gasteiger partial charge in [0.05, 0.1) is 0 Å². The van der Waals surface area contributed by atoms with Crippen molar-refractivity contribution in [2.24, 2.45) is 15.7 Å². The molecular formula is C7H6N6. The minimum Gasteiger partial charge on any atom is -0.382 e. The van der Waals surface area contributed by atoms with Crippen LogP contribution < -0.4 is 11.2 Å². The highest BCUT2D eigenvalue weighted by Gasteiger charge is 2.17. The van der Waals surface area contributed by atoms with E-state index in [-0.39, 0.29) is 11.5 Å². The van der Waals surface area contributed by atoms with Gasteiger partial charge < -0.3 is 5.73 Å². The third kappa shape index (κ3) is 1.12. The molecule has 0 saturated heterocycles. The van der Waals surface area contributed by atoms with Crippen molar-refractivity contribution in [3.63, 3.8) is 0 Å². The molecule has 0 fully saturated rings. The number of allylic oxidation sites excluding steroid dienone is 1. The van der Waals surface area contributed by atoms with Crippen molar-refractivity contribution in [3.8, 4) is 6.07 Å². The van der Waals surface area contributed by atoms with Gasteiger partial charge in [-0.1, -0.05) is 0 Å². The number of hydrogen-bond acceptors (Lipinski definition) is 6. The number of hydrogen-bond donors (Lipinski definition) is 2. The maximum atomic E-state index is 8.64. The van der Waals surface area contributed by atoms with Gasteiger partial charge in [0.2, 0.25) is 0 Å². The van der Waals surface area contributed by atoms with Gasteiger partial charge in [0.25, 0.3) is 0 Å². The summed E-state index contributed by atoms with van der Waals surface area (Å²) in [4.78, 5) is 7.86. The molecule has 0 spiro atoms. The molecule has 6 nitrogen and oxygen atoms in total. The quantitative estimate of drug-likeness (QED) is 0.513. The van der Waals surface area contributed by atoms with E-state index in [0.717, 1.165) is 0 Å². The van der Waals surface area contributed by atoms with Crippen LogP contribution in [-0.4, -0.2) is 17.2 Å². The molecule has 0 saturated carbocycles. The van der Waals surface area contributed by atoms with Gasteiger partial charge in [-0.3, -0.25) is 5.43 Å². The number of rotatable bonds is 0. The van der Waals surface area contributed by atoms with E-state index in [4.69, 9.17) is 11.0 Å². The Morgan fingerprint density at radius 2 is 2.46 bits per heavy atom. The highest BCUT2D eigenvalue weighted by molar-refractivity contribution is 6.02. The standard InChI is InChI=1S/C7H6N6/c8-3-5-7(9)12-13-4-10-2-1-6(13)11-5/h1-2,4,12H,9H2. The molecule has 0 aromatic heterocycles. The lowest BCUT2D eigenvalue weighted by Crippen LogP contribution is -2.46. The van der Waals surface area contributed by atoms with E-state index in [2.05, 4.69) is 15.4 Å². The molecule has 13 heavy (non-hydrogen) atoms. The topological polar surface area (TPSA) is 89.8 Å². The molecule has 0 aliphatic carbocycles. The fourth-order valence-electron chi connectivity index (χ4n) is 0.974. The second kappa shape index (κ2) is 2.64. The second-order valence-electron chi connectivity index (χ2n) is 2.41. The SMILES string of the molecule is N#CC1=C(N)NN2C=NC=CC2=N1. The normalized spacial score (nSPS) is 19.0. The van der Waals surface area contributed by atoms with Crippen LogP contribution in [0.25, 0.3) is 0 Å². The molecule has 0 unspecified atom stereocenters. The zero-order valence-electron chi connectivity index (χ0n) is 6.60. The number of nitrogens with one attached hydrogen (secondary N) is 1. The lowest BCUT2D eigenvalue weighted by Gasteiger charge is -2.26. The number of amidine groups is 1. The third-order valence-electron chi connectivity index (χ3n) is 1.57. The van der Waals surface area contributed by atoms with Crippen LogP contribution in [0.5, 0.6) is 0 Å². The molecule has 2 heterocycles. The molecule has 3 N–H and O–H groups in total. The van der Waals surface area contributed by atoms with Gasteiger partial charge in [-0.15, -0.1) is 0 Å². The highest BCUT2D eigenvalue weighted by atomic mass is 15.6. The summed E-state index contributed by atoms with van der Waals surface area (Å²) in [6, 6.07) is 1.89. The van der Waals surface area contributed by atoms with Gasteiger partial charge >= 0.3 is 0 Å². The fraction of sp³-hybridized carbons (Fsp3) is 0. The number of aliphatic imine (C=N–C) groups is 2. The van der Waals surface area contributed by atoms with Crippen LogP contribution in [0.2, 0.25) is 0 Å². The largest absolute Gasteiger partial charge is 0.382 e. The van der Waals surface area contributed by atoms with Crippen LogP contribution in [0.1, 0.15) is 0 Å². The molecular weight excluding hydrogens is 168 g/mol. The summed E-state index contributed by atoms with van der Waals surface area (Å²) in [7, 11) is 0. The van der Waals surface area contributed by atoms with Crippen molar-refractivity contribution >= 4 is 12.2 Å². The van der Waals surface area contributed by atoms with Crippen molar-refractivity contribution in [2.75, 3.05) is 0 Å². The molecule has 0 atom stereocenters. The van der Waals surface area contributed by atoms with Crippen LogP contribution in [0.15, 0.2) is 33.8 Å².